The third kappa shape index (κ3) is 3.53. The summed E-state index contributed by atoms with van der Waals surface area (Å²) in [6.45, 7) is 3.96. The first-order valence-electron chi connectivity index (χ1n) is 8.00. The summed E-state index contributed by atoms with van der Waals surface area (Å²) in [5.74, 6) is -2.25. The molecule has 1 amide bonds. The first kappa shape index (κ1) is 16.3. The van der Waals surface area contributed by atoms with Gasteiger partial charge in [-0.25, -0.2) is 8.78 Å². The molecule has 126 valence electrons. The van der Waals surface area contributed by atoms with Gasteiger partial charge in [-0.05, 0) is 24.0 Å². The van der Waals surface area contributed by atoms with Gasteiger partial charge in [0.15, 0.2) is 5.79 Å². The van der Waals surface area contributed by atoms with Gasteiger partial charge in [0.25, 0.3) is 0 Å². The maximum Gasteiger partial charge on any atom is 0.223 e. The summed E-state index contributed by atoms with van der Waals surface area (Å²) in [6, 6.07) is 3.48. The van der Waals surface area contributed by atoms with Crippen LogP contribution >= 0.6 is 0 Å². The first-order chi connectivity index (χ1) is 11.0. The molecular weight excluding hydrogens is 304 g/mol. The number of nitrogens with zero attached hydrogens (tertiary/aromatic N) is 1. The first-order valence-corrected chi connectivity index (χ1v) is 8.00. The highest BCUT2D eigenvalue weighted by atomic mass is 19.1. The molecule has 6 heteroatoms. The minimum Gasteiger partial charge on any atom is -0.346 e. The van der Waals surface area contributed by atoms with Crippen LogP contribution in [-0.4, -0.2) is 42.9 Å². The number of hydrogen-bond donors (Lipinski definition) is 0. The summed E-state index contributed by atoms with van der Waals surface area (Å²) in [4.78, 5) is 14.2. The molecule has 2 saturated heterocycles. The molecular formula is C17H21F2NO3. The number of rotatable bonds is 3. The van der Waals surface area contributed by atoms with Crippen LogP contribution in [-0.2, 0) is 14.3 Å². The number of hydrogen-bond acceptors (Lipinski definition) is 3. The summed E-state index contributed by atoms with van der Waals surface area (Å²) in [7, 11) is 0. The van der Waals surface area contributed by atoms with Crippen molar-refractivity contribution in [2.24, 2.45) is 0 Å². The largest absolute Gasteiger partial charge is 0.346 e. The maximum atomic E-state index is 13.8. The van der Waals surface area contributed by atoms with Crippen molar-refractivity contribution in [3.05, 3.63) is 35.4 Å². The standard InChI is InChI=1S/C17H21F2NO3/c1-12(14-4-3-13(18)10-15(14)19)9-16(21)20-6-2-5-17(11-20)22-7-8-23-17/h3-4,10,12H,2,5-9,11H2,1H3. The van der Waals surface area contributed by atoms with Gasteiger partial charge >= 0.3 is 0 Å². The van der Waals surface area contributed by atoms with Crippen LogP contribution in [0.5, 0.6) is 0 Å². The van der Waals surface area contributed by atoms with Crippen molar-refractivity contribution < 1.29 is 23.0 Å². The highest BCUT2D eigenvalue weighted by Gasteiger charge is 2.42. The summed E-state index contributed by atoms with van der Waals surface area (Å²) < 4.78 is 38.2. The summed E-state index contributed by atoms with van der Waals surface area (Å²) in [5.41, 5.74) is 0.361. The topological polar surface area (TPSA) is 38.8 Å². The number of benzene rings is 1. The number of ether oxygens (including phenoxy) is 2. The Morgan fingerprint density at radius 1 is 1.35 bits per heavy atom. The lowest BCUT2D eigenvalue weighted by atomic mass is 9.95. The number of amides is 1. The molecule has 2 fully saturated rings. The highest BCUT2D eigenvalue weighted by Crippen LogP contribution is 2.31. The fraction of sp³-hybridized carbons (Fsp3) is 0.588. The zero-order chi connectivity index (χ0) is 16.4. The van der Waals surface area contributed by atoms with Crippen molar-refractivity contribution in [1.82, 2.24) is 4.90 Å². The van der Waals surface area contributed by atoms with Crippen LogP contribution in [0.4, 0.5) is 8.78 Å². The molecule has 1 unspecified atom stereocenters. The second-order valence-electron chi connectivity index (χ2n) is 6.30. The van der Waals surface area contributed by atoms with Gasteiger partial charge in [-0.3, -0.25) is 4.79 Å². The van der Waals surface area contributed by atoms with Gasteiger partial charge in [0, 0.05) is 25.5 Å². The van der Waals surface area contributed by atoms with Gasteiger partial charge in [0.05, 0.1) is 19.8 Å². The van der Waals surface area contributed by atoms with Crippen molar-refractivity contribution in [1.29, 1.82) is 0 Å². The van der Waals surface area contributed by atoms with Crippen molar-refractivity contribution in [3.63, 3.8) is 0 Å². The van der Waals surface area contributed by atoms with Crippen LogP contribution in [0.15, 0.2) is 18.2 Å². The molecule has 2 aliphatic heterocycles. The van der Waals surface area contributed by atoms with Gasteiger partial charge in [0.2, 0.25) is 5.91 Å². The molecule has 0 saturated carbocycles. The van der Waals surface area contributed by atoms with Gasteiger partial charge in [-0.1, -0.05) is 13.0 Å². The van der Waals surface area contributed by atoms with E-state index in [4.69, 9.17) is 9.47 Å². The molecule has 1 atom stereocenters. The third-order valence-electron chi connectivity index (χ3n) is 4.56. The Morgan fingerprint density at radius 3 is 2.78 bits per heavy atom. The summed E-state index contributed by atoms with van der Waals surface area (Å²) in [5, 5.41) is 0. The zero-order valence-corrected chi connectivity index (χ0v) is 13.2. The van der Waals surface area contributed by atoms with E-state index in [2.05, 4.69) is 0 Å². The Kier molecular flexibility index (Phi) is 4.64. The van der Waals surface area contributed by atoms with Crippen molar-refractivity contribution in [3.8, 4) is 0 Å². The lowest BCUT2D eigenvalue weighted by molar-refractivity contribution is -0.193. The van der Waals surface area contributed by atoms with Crippen molar-refractivity contribution in [2.45, 2.75) is 37.9 Å². The van der Waals surface area contributed by atoms with E-state index >= 15 is 0 Å². The van der Waals surface area contributed by atoms with E-state index in [0.29, 0.717) is 31.9 Å². The molecule has 1 aromatic rings. The van der Waals surface area contributed by atoms with E-state index in [1.54, 1.807) is 11.8 Å². The minimum absolute atomic E-state index is 0.0561. The van der Waals surface area contributed by atoms with Crippen LogP contribution in [0.2, 0.25) is 0 Å². The number of carbonyl (C=O) groups excluding carboxylic acids is 1. The molecule has 2 heterocycles. The van der Waals surface area contributed by atoms with Crippen molar-refractivity contribution >= 4 is 5.91 Å². The van der Waals surface area contributed by atoms with Gasteiger partial charge in [-0.2, -0.15) is 0 Å². The average Bonchev–Trinajstić information content (AvgIpc) is 2.94. The number of piperidine rings is 1. The third-order valence-corrected chi connectivity index (χ3v) is 4.56. The van der Waals surface area contributed by atoms with E-state index < -0.39 is 17.4 Å². The Balaban J connectivity index is 1.64. The van der Waals surface area contributed by atoms with Crippen molar-refractivity contribution in [2.75, 3.05) is 26.3 Å². The predicted octanol–water partition coefficient (Wildman–Crippen LogP) is 2.82. The Morgan fingerprint density at radius 2 is 2.09 bits per heavy atom. The molecule has 4 nitrogen and oxygen atoms in total. The molecule has 3 rings (SSSR count). The molecule has 0 radical (unpaired) electrons. The van der Waals surface area contributed by atoms with E-state index in [-0.39, 0.29) is 18.2 Å². The molecule has 0 aliphatic carbocycles. The lowest BCUT2D eigenvalue weighted by Crippen LogP contribution is -2.51. The van der Waals surface area contributed by atoms with Crippen LogP contribution in [0, 0.1) is 11.6 Å². The molecule has 1 spiro atoms. The molecule has 0 bridgehead atoms. The molecule has 1 aromatic carbocycles. The Labute approximate surface area is 134 Å². The van der Waals surface area contributed by atoms with Gasteiger partial charge < -0.3 is 14.4 Å². The molecule has 0 N–H and O–H groups in total. The molecule has 0 aromatic heterocycles. The van der Waals surface area contributed by atoms with Crippen LogP contribution in [0.1, 0.15) is 37.7 Å². The number of halogens is 2. The number of carbonyl (C=O) groups is 1. The van der Waals surface area contributed by atoms with E-state index in [1.807, 2.05) is 0 Å². The SMILES string of the molecule is CC(CC(=O)N1CCCC2(C1)OCCO2)c1ccc(F)cc1F. The highest BCUT2D eigenvalue weighted by molar-refractivity contribution is 5.77. The Bertz CT molecular complexity index is 587. The second kappa shape index (κ2) is 6.53. The van der Waals surface area contributed by atoms with E-state index in [9.17, 15) is 13.6 Å². The predicted molar refractivity (Wildman–Crippen MR) is 79.8 cm³/mol. The lowest BCUT2D eigenvalue weighted by Gasteiger charge is -2.39. The fourth-order valence-electron chi connectivity index (χ4n) is 3.34. The summed E-state index contributed by atoms with van der Waals surface area (Å²) in [6.07, 6.45) is 1.79. The van der Waals surface area contributed by atoms with Gasteiger partial charge in [0.1, 0.15) is 11.6 Å². The average molecular weight is 325 g/mol. The van der Waals surface area contributed by atoms with Crippen LogP contribution < -0.4 is 0 Å². The zero-order valence-electron chi connectivity index (χ0n) is 13.2. The fourth-order valence-corrected chi connectivity index (χ4v) is 3.34. The Hall–Kier alpha value is -1.53. The quantitative estimate of drug-likeness (QED) is 0.858. The van der Waals surface area contributed by atoms with Gasteiger partial charge in [-0.15, -0.1) is 0 Å². The van der Waals surface area contributed by atoms with E-state index in [0.717, 1.165) is 18.9 Å². The maximum absolute atomic E-state index is 13.8. The second-order valence-corrected chi connectivity index (χ2v) is 6.30. The summed E-state index contributed by atoms with van der Waals surface area (Å²) >= 11 is 0. The normalized spacial score (nSPS) is 21.6. The number of likely N-dealkylation sites (tertiary alicyclic amines) is 1. The van der Waals surface area contributed by atoms with Crippen LogP contribution in [0.3, 0.4) is 0 Å². The van der Waals surface area contributed by atoms with E-state index in [1.165, 1.54) is 12.1 Å². The smallest absolute Gasteiger partial charge is 0.223 e. The monoisotopic (exact) mass is 325 g/mol. The van der Waals surface area contributed by atoms with Crippen LogP contribution in [0.25, 0.3) is 0 Å². The molecule has 2 aliphatic rings. The molecule has 23 heavy (non-hydrogen) atoms. The minimum atomic E-state index is -0.654.